The number of hydrogen-bond acceptors (Lipinski definition) is 6. The van der Waals surface area contributed by atoms with Crippen LogP contribution in [-0.2, 0) is 11.0 Å². The molecule has 0 fully saturated rings. The Labute approximate surface area is 177 Å². The zero-order chi connectivity index (χ0) is 21.0. The number of alkyl halides is 3. The normalized spacial score (nSPS) is 11.3. The lowest BCUT2D eigenvalue weighted by Gasteiger charge is -2.13. The Kier molecular flexibility index (Phi) is 6.66. The number of rotatable bonds is 6. The van der Waals surface area contributed by atoms with Gasteiger partial charge in [0, 0.05) is 10.7 Å². The van der Waals surface area contributed by atoms with Crippen molar-refractivity contribution < 1.29 is 18.0 Å². The quantitative estimate of drug-likeness (QED) is 0.444. The van der Waals surface area contributed by atoms with Gasteiger partial charge in [0.05, 0.1) is 17.0 Å². The van der Waals surface area contributed by atoms with Gasteiger partial charge in [-0.3, -0.25) is 4.79 Å². The van der Waals surface area contributed by atoms with Crippen molar-refractivity contribution in [2.75, 3.05) is 16.4 Å². The van der Waals surface area contributed by atoms with Crippen molar-refractivity contribution in [3.63, 3.8) is 0 Å². The van der Waals surface area contributed by atoms with Crippen LogP contribution in [0.15, 0.2) is 46.8 Å². The summed E-state index contributed by atoms with van der Waals surface area (Å²) in [5.74, 6) is -0.704. The third-order valence-electron chi connectivity index (χ3n) is 3.60. The fourth-order valence-corrected chi connectivity index (χ4v) is 4.00. The summed E-state index contributed by atoms with van der Waals surface area (Å²) in [4.78, 5) is 12.1. The molecular weight excluding hydrogens is 445 g/mol. The summed E-state index contributed by atoms with van der Waals surface area (Å²) in [6.45, 7) is 1.98. The molecule has 11 heteroatoms. The number of hydrogen-bond donors (Lipinski definition) is 2. The molecule has 2 N–H and O–H groups in total. The molecule has 5 nitrogen and oxygen atoms in total. The molecule has 1 aromatic heterocycles. The van der Waals surface area contributed by atoms with E-state index in [9.17, 15) is 18.0 Å². The predicted octanol–water partition coefficient (Wildman–Crippen LogP) is 5.99. The number of anilines is 3. The molecule has 0 aliphatic carbocycles. The van der Waals surface area contributed by atoms with E-state index in [0.717, 1.165) is 35.1 Å². The molecular formula is C18H14ClF3N4OS2. The van der Waals surface area contributed by atoms with Crippen LogP contribution in [0.5, 0.6) is 0 Å². The van der Waals surface area contributed by atoms with Crippen LogP contribution in [0.25, 0.3) is 0 Å². The lowest BCUT2D eigenvalue weighted by Crippen LogP contribution is -2.18. The van der Waals surface area contributed by atoms with Crippen molar-refractivity contribution in [1.82, 2.24) is 10.2 Å². The number of carbonyl (C=O) groups is 1. The molecule has 0 saturated heterocycles. The van der Waals surface area contributed by atoms with Crippen LogP contribution in [0.1, 0.15) is 11.1 Å². The van der Waals surface area contributed by atoms with Gasteiger partial charge in [0.1, 0.15) is 0 Å². The minimum absolute atomic E-state index is 0.0628. The topological polar surface area (TPSA) is 66.9 Å². The van der Waals surface area contributed by atoms with Crippen molar-refractivity contribution in [3.8, 4) is 0 Å². The van der Waals surface area contributed by atoms with Crippen LogP contribution in [0.4, 0.5) is 29.7 Å². The highest BCUT2D eigenvalue weighted by Gasteiger charge is 2.34. The maximum Gasteiger partial charge on any atom is 0.418 e. The molecule has 3 aromatic rings. The predicted molar refractivity (Wildman–Crippen MR) is 110 cm³/mol. The minimum Gasteiger partial charge on any atom is -0.330 e. The van der Waals surface area contributed by atoms with E-state index in [1.165, 1.54) is 17.4 Å². The molecule has 1 heterocycles. The number of nitrogens with one attached hydrogen (secondary N) is 2. The number of benzene rings is 2. The number of carbonyl (C=O) groups excluding carboxylic acids is 1. The Balaban J connectivity index is 1.58. The molecule has 0 atom stereocenters. The van der Waals surface area contributed by atoms with Crippen molar-refractivity contribution in [1.29, 1.82) is 0 Å². The Hall–Kier alpha value is -2.30. The van der Waals surface area contributed by atoms with Crippen LogP contribution >= 0.6 is 34.7 Å². The van der Waals surface area contributed by atoms with Crippen molar-refractivity contribution in [3.05, 3.63) is 58.6 Å². The summed E-state index contributed by atoms with van der Waals surface area (Å²) in [6, 6.07) is 10.9. The molecule has 0 radical (unpaired) electrons. The molecule has 0 bridgehead atoms. The molecule has 0 spiro atoms. The first-order chi connectivity index (χ1) is 13.7. The standard InChI is InChI=1S/C18H14ClF3N4OS2/c1-10-2-5-12(6-3-10)23-16-25-26-17(29-16)28-9-15(27)24-14-7-4-11(19)8-13(14)18(20,21)22/h2-8H,9H2,1H3,(H,23,25)(H,24,27). The van der Waals surface area contributed by atoms with E-state index >= 15 is 0 Å². The van der Waals surface area contributed by atoms with Crippen molar-refractivity contribution in [2.45, 2.75) is 17.4 Å². The smallest absolute Gasteiger partial charge is 0.330 e. The number of nitrogens with zero attached hydrogens (tertiary/aromatic N) is 2. The first-order valence-corrected chi connectivity index (χ1v) is 10.4. The van der Waals surface area contributed by atoms with E-state index in [4.69, 9.17) is 11.6 Å². The van der Waals surface area contributed by atoms with Gasteiger partial charge in [0.25, 0.3) is 0 Å². The van der Waals surface area contributed by atoms with Gasteiger partial charge in [0.2, 0.25) is 11.0 Å². The number of amides is 1. The number of aryl methyl sites for hydroxylation is 1. The van der Waals surface area contributed by atoms with E-state index in [1.807, 2.05) is 31.2 Å². The zero-order valence-electron chi connectivity index (χ0n) is 14.9. The Morgan fingerprint density at radius 2 is 1.90 bits per heavy atom. The zero-order valence-corrected chi connectivity index (χ0v) is 17.3. The van der Waals surface area contributed by atoms with E-state index in [0.29, 0.717) is 9.47 Å². The van der Waals surface area contributed by atoms with E-state index in [1.54, 1.807) is 0 Å². The fraction of sp³-hybridized carbons (Fsp3) is 0.167. The van der Waals surface area contributed by atoms with Gasteiger partial charge in [-0.25, -0.2) is 0 Å². The Morgan fingerprint density at radius 3 is 2.59 bits per heavy atom. The first kappa shape index (κ1) is 21.4. The minimum atomic E-state index is -4.63. The SMILES string of the molecule is Cc1ccc(Nc2nnc(SCC(=O)Nc3ccc(Cl)cc3C(F)(F)F)s2)cc1. The molecule has 0 aliphatic rings. The van der Waals surface area contributed by atoms with E-state index < -0.39 is 17.6 Å². The van der Waals surface area contributed by atoms with Crippen molar-refractivity contribution in [2.24, 2.45) is 0 Å². The third kappa shape index (κ3) is 6.09. The van der Waals surface area contributed by atoms with Gasteiger partial charge in [-0.15, -0.1) is 10.2 Å². The van der Waals surface area contributed by atoms with Gasteiger partial charge in [-0.2, -0.15) is 13.2 Å². The lowest BCUT2D eigenvalue weighted by molar-refractivity contribution is -0.137. The van der Waals surface area contributed by atoms with E-state index in [2.05, 4.69) is 20.8 Å². The largest absolute Gasteiger partial charge is 0.418 e. The summed E-state index contributed by atoms with van der Waals surface area (Å²) >= 11 is 7.96. The maximum atomic E-state index is 13.1. The molecule has 0 saturated carbocycles. The molecule has 29 heavy (non-hydrogen) atoms. The highest BCUT2D eigenvalue weighted by atomic mass is 35.5. The highest BCUT2D eigenvalue weighted by Crippen LogP contribution is 2.36. The second kappa shape index (κ2) is 9.02. The summed E-state index contributed by atoms with van der Waals surface area (Å²) in [7, 11) is 0. The van der Waals surface area contributed by atoms with E-state index in [-0.39, 0.29) is 16.5 Å². The number of halogens is 4. The van der Waals surface area contributed by atoms with Crippen molar-refractivity contribution >= 4 is 57.1 Å². The Morgan fingerprint density at radius 1 is 1.17 bits per heavy atom. The van der Waals surface area contributed by atoms with Crippen LogP contribution < -0.4 is 10.6 Å². The summed E-state index contributed by atoms with van der Waals surface area (Å²) < 4.78 is 39.8. The van der Waals surface area contributed by atoms with Gasteiger partial charge in [0.15, 0.2) is 4.34 Å². The van der Waals surface area contributed by atoms with Gasteiger partial charge in [-0.05, 0) is 37.3 Å². The van der Waals surface area contributed by atoms with Crippen LogP contribution in [0, 0.1) is 6.92 Å². The molecule has 3 rings (SSSR count). The molecule has 2 aromatic carbocycles. The molecule has 1 amide bonds. The molecule has 0 aliphatic heterocycles. The highest BCUT2D eigenvalue weighted by molar-refractivity contribution is 8.01. The lowest BCUT2D eigenvalue weighted by atomic mass is 10.1. The maximum absolute atomic E-state index is 13.1. The second-order valence-corrected chi connectivity index (χ2v) is 8.53. The Bertz CT molecular complexity index is 1010. The molecule has 0 unspecified atom stereocenters. The summed E-state index contributed by atoms with van der Waals surface area (Å²) in [5, 5.41) is 13.8. The van der Waals surface area contributed by atoms with Crippen LogP contribution in [-0.4, -0.2) is 21.9 Å². The summed E-state index contributed by atoms with van der Waals surface area (Å²) in [6.07, 6.45) is -4.63. The molecule has 152 valence electrons. The average molecular weight is 459 g/mol. The first-order valence-electron chi connectivity index (χ1n) is 8.17. The number of thioether (sulfide) groups is 1. The fourth-order valence-electron chi connectivity index (χ4n) is 2.25. The third-order valence-corrected chi connectivity index (χ3v) is 5.80. The van der Waals surface area contributed by atoms with Gasteiger partial charge in [-0.1, -0.05) is 52.4 Å². The second-order valence-electron chi connectivity index (χ2n) is 5.89. The van der Waals surface area contributed by atoms with Crippen LogP contribution in [0.3, 0.4) is 0 Å². The summed E-state index contributed by atoms with van der Waals surface area (Å²) in [5.41, 5.74) is 0.642. The van der Waals surface area contributed by atoms with Gasteiger partial charge < -0.3 is 10.6 Å². The number of aromatic nitrogens is 2. The van der Waals surface area contributed by atoms with Gasteiger partial charge >= 0.3 is 6.18 Å². The van der Waals surface area contributed by atoms with Crippen LogP contribution in [0.2, 0.25) is 5.02 Å². The average Bonchev–Trinajstić information content (AvgIpc) is 3.10. The monoisotopic (exact) mass is 458 g/mol.